The van der Waals surface area contributed by atoms with Gasteiger partial charge < -0.3 is 23.4 Å². The fraction of sp³-hybridized carbons (Fsp3) is 0.536. The van der Waals surface area contributed by atoms with Crippen LogP contribution in [0.2, 0.25) is 36.3 Å². The first-order chi connectivity index (χ1) is 16.4. The molecule has 1 N–H and O–H groups in total. The number of carbonyl (C=O) groups is 1. The van der Waals surface area contributed by atoms with Gasteiger partial charge in [0.15, 0.2) is 11.5 Å². The number of Topliss-reactive ketones (excluding diaryl/α,β-unsaturated/α-hetero) is 1. The fourth-order valence-electron chi connectivity index (χ4n) is 3.51. The number of aromatic hydroxyl groups is 1. The van der Waals surface area contributed by atoms with Crippen LogP contribution < -0.4 is 18.3 Å². The second kappa shape index (κ2) is 9.45. The van der Waals surface area contributed by atoms with Crippen LogP contribution in [0.1, 0.15) is 70.0 Å². The predicted molar refractivity (Wildman–Crippen MR) is 149 cm³/mol. The van der Waals surface area contributed by atoms with Crippen molar-refractivity contribution < 1.29 is 28.2 Å². The Hall–Kier alpha value is -2.46. The summed E-state index contributed by atoms with van der Waals surface area (Å²) in [5, 5.41) is 10.7. The van der Waals surface area contributed by atoms with E-state index in [0.717, 1.165) is 5.56 Å². The van der Waals surface area contributed by atoms with Crippen LogP contribution in [0.5, 0.6) is 28.7 Å². The van der Waals surface area contributed by atoms with Crippen LogP contribution in [-0.2, 0) is 0 Å². The number of methoxy groups -OCH3 is 1. The highest BCUT2D eigenvalue weighted by Crippen LogP contribution is 2.46. The van der Waals surface area contributed by atoms with Gasteiger partial charge in [-0.2, -0.15) is 0 Å². The Bertz CT molecular complexity index is 1140. The lowest BCUT2D eigenvalue weighted by Crippen LogP contribution is -2.44. The number of ether oxygens (including phenoxy) is 2. The van der Waals surface area contributed by atoms with E-state index in [1.165, 1.54) is 6.07 Å². The van der Waals surface area contributed by atoms with Crippen molar-refractivity contribution in [3.05, 3.63) is 41.5 Å². The Balaban J connectivity index is 1.97. The normalized spacial score (nSPS) is 16.8. The monoisotopic (exact) mass is 530 g/mol. The molecule has 0 amide bonds. The smallest absolute Gasteiger partial charge is 0.250 e. The maximum Gasteiger partial charge on any atom is 0.250 e. The van der Waals surface area contributed by atoms with Crippen molar-refractivity contribution in [2.75, 3.05) is 7.11 Å². The molecule has 36 heavy (non-hydrogen) atoms. The number of fused-ring (bicyclic) bond motifs is 1. The Morgan fingerprint density at radius 1 is 0.889 bits per heavy atom. The van der Waals surface area contributed by atoms with Crippen molar-refractivity contribution in [3.63, 3.8) is 0 Å². The van der Waals surface area contributed by atoms with E-state index in [0.29, 0.717) is 23.0 Å². The summed E-state index contributed by atoms with van der Waals surface area (Å²) in [5.74, 6) is 1.88. The molecule has 0 bridgehead atoms. The first-order valence-corrected chi connectivity index (χ1v) is 18.3. The van der Waals surface area contributed by atoms with E-state index in [9.17, 15) is 9.90 Å². The van der Waals surface area contributed by atoms with Gasteiger partial charge in [-0.3, -0.25) is 4.79 Å². The van der Waals surface area contributed by atoms with Crippen molar-refractivity contribution >= 4 is 22.4 Å². The molecule has 3 rings (SSSR count). The minimum Gasteiger partial charge on any atom is -0.543 e. The molecule has 2 aromatic rings. The molecule has 2 aromatic carbocycles. The summed E-state index contributed by atoms with van der Waals surface area (Å²) >= 11 is 0. The number of phenolic OH excluding ortho intramolecular Hbond substituents is 1. The molecular weight excluding hydrogens is 488 g/mol. The first-order valence-electron chi connectivity index (χ1n) is 12.5. The largest absolute Gasteiger partial charge is 0.543 e. The molecule has 1 unspecified atom stereocenters. The Morgan fingerprint density at radius 3 is 2.03 bits per heavy atom. The molecule has 1 aliphatic heterocycles. The van der Waals surface area contributed by atoms with Crippen molar-refractivity contribution in [3.8, 4) is 28.7 Å². The molecule has 0 aliphatic carbocycles. The Kier molecular flexibility index (Phi) is 7.38. The first kappa shape index (κ1) is 28.1. The van der Waals surface area contributed by atoms with E-state index in [-0.39, 0.29) is 33.6 Å². The lowest BCUT2D eigenvalue weighted by atomic mass is 9.95. The van der Waals surface area contributed by atoms with Gasteiger partial charge in [0.2, 0.25) is 8.32 Å². The van der Waals surface area contributed by atoms with Gasteiger partial charge in [0.05, 0.1) is 13.5 Å². The van der Waals surface area contributed by atoms with Gasteiger partial charge >= 0.3 is 0 Å². The third-order valence-corrected chi connectivity index (χ3v) is 16.6. The van der Waals surface area contributed by atoms with Gasteiger partial charge in [0, 0.05) is 12.1 Å². The molecule has 0 spiro atoms. The maximum absolute atomic E-state index is 13.1. The number of hydrogen-bond acceptors (Lipinski definition) is 6. The van der Waals surface area contributed by atoms with Crippen molar-refractivity contribution in [1.29, 1.82) is 0 Å². The van der Waals surface area contributed by atoms with Crippen LogP contribution >= 0.6 is 0 Å². The van der Waals surface area contributed by atoms with Crippen LogP contribution in [0.3, 0.4) is 0 Å². The number of hydrogen-bond donors (Lipinski definition) is 1. The molecular formula is C28H42O6Si2. The van der Waals surface area contributed by atoms with Gasteiger partial charge in [-0.15, -0.1) is 0 Å². The lowest BCUT2D eigenvalue weighted by molar-refractivity contribution is 0.0844. The van der Waals surface area contributed by atoms with Gasteiger partial charge in [-0.25, -0.2) is 0 Å². The van der Waals surface area contributed by atoms with E-state index >= 15 is 0 Å². The summed E-state index contributed by atoms with van der Waals surface area (Å²) in [5.41, 5.74) is 1.03. The quantitative estimate of drug-likeness (QED) is 0.383. The van der Waals surface area contributed by atoms with Gasteiger partial charge in [0.1, 0.15) is 34.7 Å². The van der Waals surface area contributed by atoms with E-state index in [2.05, 4.69) is 67.7 Å². The topological polar surface area (TPSA) is 74.2 Å². The molecule has 6 nitrogen and oxygen atoms in total. The van der Waals surface area contributed by atoms with E-state index in [4.69, 9.17) is 18.3 Å². The van der Waals surface area contributed by atoms with Crippen LogP contribution in [0, 0.1) is 0 Å². The summed E-state index contributed by atoms with van der Waals surface area (Å²) in [6, 6.07) is 8.93. The lowest BCUT2D eigenvalue weighted by Gasteiger charge is -2.37. The zero-order valence-corrected chi connectivity index (χ0v) is 25.7. The van der Waals surface area contributed by atoms with E-state index in [1.807, 2.05) is 18.2 Å². The fourth-order valence-corrected chi connectivity index (χ4v) is 5.54. The van der Waals surface area contributed by atoms with Crippen molar-refractivity contribution in [2.45, 2.75) is 90.3 Å². The van der Waals surface area contributed by atoms with Gasteiger partial charge in [-0.05, 0) is 54.0 Å². The molecule has 198 valence electrons. The molecule has 1 aliphatic rings. The van der Waals surface area contributed by atoms with Crippen LogP contribution in [0.25, 0.3) is 0 Å². The predicted octanol–water partition coefficient (Wildman–Crippen LogP) is 7.88. The zero-order valence-electron chi connectivity index (χ0n) is 23.7. The average molecular weight is 531 g/mol. The number of benzene rings is 2. The molecule has 1 atom stereocenters. The Morgan fingerprint density at radius 2 is 1.47 bits per heavy atom. The summed E-state index contributed by atoms with van der Waals surface area (Å²) in [4.78, 5) is 13.1. The van der Waals surface area contributed by atoms with Crippen LogP contribution in [0.4, 0.5) is 0 Å². The van der Waals surface area contributed by atoms with E-state index in [1.54, 1.807) is 13.2 Å². The van der Waals surface area contributed by atoms with Crippen LogP contribution in [-0.4, -0.2) is 34.6 Å². The minimum absolute atomic E-state index is 0.0125. The average Bonchev–Trinajstić information content (AvgIpc) is 2.70. The molecule has 0 saturated heterocycles. The highest BCUT2D eigenvalue weighted by atomic mass is 28.4. The van der Waals surface area contributed by atoms with Crippen molar-refractivity contribution in [1.82, 2.24) is 0 Å². The molecule has 0 radical (unpaired) electrons. The molecule has 0 aromatic heterocycles. The molecule has 8 heteroatoms. The van der Waals surface area contributed by atoms with Crippen molar-refractivity contribution in [2.24, 2.45) is 0 Å². The highest BCUT2D eigenvalue weighted by molar-refractivity contribution is 6.75. The van der Waals surface area contributed by atoms with Gasteiger partial charge in [0.25, 0.3) is 8.32 Å². The van der Waals surface area contributed by atoms with Gasteiger partial charge in [-0.1, -0.05) is 47.6 Å². The second-order valence-electron chi connectivity index (χ2n) is 12.7. The summed E-state index contributed by atoms with van der Waals surface area (Å²) in [7, 11) is -2.65. The SMILES string of the molecule is COc1ccc(C2CC(=O)c3c(O)cc(O[Si](C)(C)C(C)(C)C)cc3O2)cc1O[Si](C)(C)C(C)(C)C. The Labute approximate surface area is 218 Å². The standard InChI is InChI=1S/C28H42O6Si2/c1-27(2,3)35(8,9)33-19-15-20(29)26-21(30)17-23(32-25(26)16-19)18-12-13-22(31-7)24(14-18)34-36(10,11)28(4,5)6/h12-16,23,29H,17H2,1-11H3. The molecule has 0 saturated carbocycles. The molecule has 1 heterocycles. The zero-order chi connectivity index (χ0) is 27.3. The third-order valence-electron chi connectivity index (χ3n) is 7.88. The number of phenols is 1. The van der Waals surface area contributed by atoms with Crippen LogP contribution in [0.15, 0.2) is 30.3 Å². The minimum atomic E-state index is -2.15. The number of ketones is 1. The summed E-state index contributed by atoms with van der Waals surface area (Å²) < 4.78 is 24.8. The highest BCUT2D eigenvalue weighted by Gasteiger charge is 2.41. The third kappa shape index (κ3) is 5.59. The van der Waals surface area contributed by atoms with E-state index < -0.39 is 22.7 Å². The number of carbonyl (C=O) groups excluding carboxylic acids is 1. The maximum atomic E-state index is 13.1. The molecule has 0 fully saturated rings. The summed E-state index contributed by atoms with van der Waals surface area (Å²) in [6.45, 7) is 21.7. The second-order valence-corrected chi connectivity index (χ2v) is 22.1. The summed E-state index contributed by atoms with van der Waals surface area (Å²) in [6.07, 6.45) is -0.394. The number of rotatable bonds is 6.